The van der Waals surface area contributed by atoms with Crippen molar-refractivity contribution in [3.05, 3.63) is 50.4 Å². The Labute approximate surface area is 159 Å². The number of nitrogens with one attached hydrogen (secondary N) is 1. The van der Waals surface area contributed by atoms with Gasteiger partial charge in [-0.1, -0.05) is 48.8 Å². The second-order valence-corrected chi connectivity index (χ2v) is 7.97. The minimum atomic E-state index is -0.205. The summed E-state index contributed by atoms with van der Waals surface area (Å²) in [5, 5.41) is 4.28. The average Bonchev–Trinajstić information content (AvgIpc) is 2.94. The maximum atomic E-state index is 12.4. The first-order chi connectivity index (χ1) is 11.8. The van der Waals surface area contributed by atoms with Gasteiger partial charge < -0.3 is 5.32 Å². The lowest BCUT2D eigenvalue weighted by Crippen LogP contribution is -2.28. The van der Waals surface area contributed by atoms with Crippen molar-refractivity contribution in [2.75, 3.05) is 11.1 Å². The first-order valence-corrected chi connectivity index (χ1v) is 9.60. The number of rotatable bonds is 4. The summed E-state index contributed by atoms with van der Waals surface area (Å²) in [5.74, 6) is 0.659. The summed E-state index contributed by atoms with van der Waals surface area (Å²) in [7, 11) is 0. The van der Waals surface area contributed by atoms with Gasteiger partial charge in [0.25, 0.3) is 5.56 Å². The smallest absolute Gasteiger partial charge is 0.254 e. The molecule has 8 heteroatoms. The lowest BCUT2D eigenvalue weighted by Gasteiger charge is -2.14. The molecule has 0 aliphatic carbocycles. The monoisotopic (exact) mass is 397 g/mol. The standard InChI is InChI=1S/C17H17Cl2N3O2S/c1-9(2)14-7-16(24)22-11(8-25-17(22)21-14)6-15(23)20-10-3-4-12(18)13(19)5-10/h3-5,7,9,11H,6,8H2,1-2H3,(H,20,23). The minimum absolute atomic E-state index is 0.106. The van der Waals surface area contributed by atoms with Crippen LogP contribution in [-0.4, -0.2) is 21.2 Å². The summed E-state index contributed by atoms with van der Waals surface area (Å²) >= 11 is 13.3. The van der Waals surface area contributed by atoms with Crippen LogP contribution in [0.1, 0.15) is 37.9 Å². The lowest BCUT2D eigenvalue weighted by molar-refractivity contribution is -0.116. The second-order valence-electron chi connectivity index (χ2n) is 6.17. The molecule has 5 nitrogen and oxygen atoms in total. The lowest BCUT2D eigenvalue weighted by atomic mass is 10.1. The molecular formula is C17H17Cl2N3O2S. The third-order valence-electron chi connectivity index (χ3n) is 3.93. The number of hydrogen-bond donors (Lipinski definition) is 1. The van der Waals surface area contributed by atoms with Gasteiger partial charge in [0.15, 0.2) is 5.16 Å². The Balaban J connectivity index is 1.74. The van der Waals surface area contributed by atoms with Gasteiger partial charge in [-0.2, -0.15) is 0 Å². The largest absolute Gasteiger partial charge is 0.326 e. The number of hydrogen-bond acceptors (Lipinski definition) is 4. The van der Waals surface area contributed by atoms with Crippen LogP contribution in [0.3, 0.4) is 0 Å². The Bertz CT molecular complexity index is 883. The first kappa shape index (κ1) is 18.3. The molecule has 1 aromatic heterocycles. The van der Waals surface area contributed by atoms with Crippen LogP contribution in [-0.2, 0) is 4.79 Å². The predicted octanol–water partition coefficient (Wildman–Crippen LogP) is 4.35. The summed E-state index contributed by atoms with van der Waals surface area (Å²) in [5.41, 5.74) is 1.25. The van der Waals surface area contributed by atoms with Gasteiger partial charge in [-0.25, -0.2) is 4.98 Å². The zero-order chi connectivity index (χ0) is 18.1. The molecule has 3 rings (SSSR count). The summed E-state index contributed by atoms with van der Waals surface area (Å²) in [6, 6.07) is 6.27. The fourth-order valence-corrected chi connectivity index (χ4v) is 4.07. The zero-order valence-electron chi connectivity index (χ0n) is 13.8. The van der Waals surface area contributed by atoms with Crippen molar-refractivity contribution in [3.8, 4) is 0 Å². The van der Waals surface area contributed by atoms with Crippen LogP contribution < -0.4 is 10.9 Å². The first-order valence-electron chi connectivity index (χ1n) is 7.86. The summed E-state index contributed by atoms with van der Waals surface area (Å²) in [4.78, 5) is 29.3. The van der Waals surface area contributed by atoms with Gasteiger partial charge in [0.2, 0.25) is 5.91 Å². The van der Waals surface area contributed by atoms with Crippen molar-refractivity contribution in [1.82, 2.24) is 9.55 Å². The highest BCUT2D eigenvalue weighted by Crippen LogP contribution is 2.33. The third kappa shape index (κ3) is 4.02. The molecule has 0 bridgehead atoms. The molecule has 1 unspecified atom stereocenters. The molecule has 1 amide bonds. The van der Waals surface area contributed by atoms with Gasteiger partial charge >= 0.3 is 0 Å². The maximum Gasteiger partial charge on any atom is 0.254 e. The van der Waals surface area contributed by atoms with Crippen LogP contribution in [0.4, 0.5) is 5.69 Å². The Morgan fingerprint density at radius 2 is 2.12 bits per heavy atom. The van der Waals surface area contributed by atoms with Gasteiger partial charge in [0, 0.05) is 23.9 Å². The average molecular weight is 398 g/mol. The SMILES string of the molecule is CC(C)c1cc(=O)n2c(n1)SCC2CC(=O)Nc1ccc(Cl)c(Cl)c1. The summed E-state index contributed by atoms with van der Waals surface area (Å²) in [6.07, 6.45) is 0.197. The number of anilines is 1. The molecule has 0 radical (unpaired) electrons. The van der Waals surface area contributed by atoms with Gasteiger partial charge in [-0.3, -0.25) is 14.2 Å². The molecule has 0 saturated heterocycles. The van der Waals surface area contributed by atoms with E-state index in [9.17, 15) is 9.59 Å². The fraction of sp³-hybridized carbons (Fsp3) is 0.353. The number of nitrogens with zero attached hydrogens (tertiary/aromatic N) is 2. The highest BCUT2D eigenvalue weighted by Gasteiger charge is 2.28. The molecule has 0 fully saturated rings. The highest BCUT2D eigenvalue weighted by molar-refractivity contribution is 7.99. The van der Waals surface area contributed by atoms with E-state index < -0.39 is 0 Å². The summed E-state index contributed by atoms with van der Waals surface area (Å²) in [6.45, 7) is 4.00. The molecule has 0 spiro atoms. The van der Waals surface area contributed by atoms with E-state index in [1.807, 2.05) is 13.8 Å². The van der Waals surface area contributed by atoms with Crippen molar-refractivity contribution in [2.24, 2.45) is 0 Å². The zero-order valence-corrected chi connectivity index (χ0v) is 16.1. The van der Waals surface area contributed by atoms with Crippen LogP contribution in [0.25, 0.3) is 0 Å². The molecule has 0 saturated carbocycles. The number of amides is 1. The van der Waals surface area contributed by atoms with Crippen molar-refractivity contribution in [2.45, 2.75) is 37.4 Å². The molecule has 2 heterocycles. The van der Waals surface area contributed by atoms with Crippen LogP contribution in [0, 0.1) is 0 Å². The Morgan fingerprint density at radius 1 is 1.36 bits per heavy atom. The maximum absolute atomic E-state index is 12.4. The van der Waals surface area contributed by atoms with E-state index in [4.69, 9.17) is 23.2 Å². The number of halogens is 2. The third-order valence-corrected chi connectivity index (χ3v) is 5.76. The van der Waals surface area contributed by atoms with Gasteiger partial charge in [-0.05, 0) is 24.1 Å². The molecular weight excluding hydrogens is 381 g/mol. The number of aromatic nitrogens is 2. The Kier molecular flexibility index (Phi) is 5.41. The number of carbonyl (C=O) groups is 1. The quantitative estimate of drug-likeness (QED) is 0.778. The predicted molar refractivity (Wildman–Crippen MR) is 102 cm³/mol. The van der Waals surface area contributed by atoms with Crippen LogP contribution in [0.5, 0.6) is 0 Å². The molecule has 1 atom stereocenters. The van der Waals surface area contributed by atoms with Gasteiger partial charge in [0.05, 0.1) is 21.8 Å². The fourth-order valence-electron chi connectivity index (χ4n) is 2.62. The van der Waals surface area contributed by atoms with Crippen LogP contribution in [0.15, 0.2) is 34.2 Å². The van der Waals surface area contributed by atoms with Crippen LogP contribution >= 0.6 is 35.0 Å². The molecule has 25 heavy (non-hydrogen) atoms. The molecule has 1 aliphatic rings. The van der Waals surface area contributed by atoms with E-state index >= 15 is 0 Å². The van der Waals surface area contributed by atoms with Crippen molar-refractivity contribution >= 4 is 46.6 Å². The molecule has 132 valence electrons. The van der Waals surface area contributed by atoms with Crippen molar-refractivity contribution in [3.63, 3.8) is 0 Å². The molecule has 2 aromatic rings. The van der Waals surface area contributed by atoms with Crippen molar-refractivity contribution in [1.29, 1.82) is 0 Å². The van der Waals surface area contributed by atoms with E-state index in [1.54, 1.807) is 28.8 Å². The van der Waals surface area contributed by atoms with Crippen molar-refractivity contribution < 1.29 is 4.79 Å². The summed E-state index contributed by atoms with van der Waals surface area (Å²) < 4.78 is 1.62. The number of thioether (sulfide) groups is 1. The van der Waals surface area contributed by atoms with E-state index in [1.165, 1.54) is 11.8 Å². The second kappa shape index (κ2) is 7.40. The minimum Gasteiger partial charge on any atom is -0.326 e. The van der Waals surface area contributed by atoms with Gasteiger partial charge in [-0.15, -0.1) is 0 Å². The van der Waals surface area contributed by atoms with Crippen LogP contribution in [0.2, 0.25) is 10.0 Å². The molecule has 1 aliphatic heterocycles. The normalized spacial score (nSPS) is 16.1. The van der Waals surface area contributed by atoms with E-state index in [-0.39, 0.29) is 29.8 Å². The van der Waals surface area contributed by atoms with E-state index in [0.29, 0.717) is 26.6 Å². The molecule has 1 N–H and O–H groups in total. The number of carbonyl (C=O) groups excluding carboxylic acids is 1. The Morgan fingerprint density at radius 3 is 2.80 bits per heavy atom. The number of benzene rings is 1. The van der Waals surface area contributed by atoms with E-state index in [2.05, 4.69) is 10.3 Å². The Hall–Kier alpha value is -1.50. The topological polar surface area (TPSA) is 64.0 Å². The number of fused-ring (bicyclic) bond motifs is 1. The molecule has 1 aromatic carbocycles. The highest BCUT2D eigenvalue weighted by atomic mass is 35.5. The van der Waals surface area contributed by atoms with Gasteiger partial charge in [0.1, 0.15) is 0 Å². The van der Waals surface area contributed by atoms with E-state index in [0.717, 1.165) is 5.69 Å².